The Balaban J connectivity index is 2.03. The summed E-state index contributed by atoms with van der Waals surface area (Å²) in [6, 6.07) is 4.59. The summed E-state index contributed by atoms with van der Waals surface area (Å²) in [5.41, 5.74) is 2.79. The van der Waals surface area contributed by atoms with E-state index in [4.69, 9.17) is 0 Å². The lowest BCUT2D eigenvalue weighted by Crippen LogP contribution is -2.35. The van der Waals surface area contributed by atoms with Crippen molar-refractivity contribution in [3.05, 3.63) is 29.5 Å². The Morgan fingerprint density at radius 2 is 2.26 bits per heavy atom. The molecule has 1 fully saturated rings. The average molecular weight is 258 g/mol. The fraction of sp³-hybridized carbons (Fsp3) is 0.357. The Morgan fingerprint density at radius 3 is 3.05 bits per heavy atom. The number of rotatable bonds is 1. The van der Waals surface area contributed by atoms with Crippen LogP contribution in [0.25, 0.3) is 10.9 Å². The molecule has 1 aromatic carbocycles. The van der Waals surface area contributed by atoms with E-state index < -0.39 is 12.0 Å². The van der Waals surface area contributed by atoms with Gasteiger partial charge in [-0.15, -0.1) is 0 Å². The summed E-state index contributed by atoms with van der Waals surface area (Å²) < 4.78 is 0. The van der Waals surface area contributed by atoms with E-state index in [1.807, 2.05) is 11.0 Å². The Bertz CT molecular complexity index is 691. The molecule has 19 heavy (non-hydrogen) atoms. The number of nitrogens with one attached hydrogen (secondary N) is 1. The molecule has 5 heteroatoms. The van der Waals surface area contributed by atoms with Gasteiger partial charge in [0.05, 0.1) is 0 Å². The topological polar surface area (TPSA) is 76.6 Å². The number of aliphatic carboxylic acids is 1. The molecular formula is C14H14N2O3. The summed E-state index contributed by atoms with van der Waals surface area (Å²) in [5, 5.41) is 20.1. The van der Waals surface area contributed by atoms with Crippen molar-refractivity contribution in [1.29, 1.82) is 0 Å². The van der Waals surface area contributed by atoms with Gasteiger partial charge in [0.2, 0.25) is 0 Å². The van der Waals surface area contributed by atoms with Crippen LogP contribution in [0, 0.1) is 0 Å². The molecule has 2 aromatic rings. The molecule has 3 unspecified atom stereocenters. The fourth-order valence-corrected chi connectivity index (χ4v) is 3.60. The quantitative estimate of drug-likeness (QED) is 0.729. The highest BCUT2D eigenvalue weighted by Gasteiger charge is 2.43. The van der Waals surface area contributed by atoms with E-state index in [9.17, 15) is 15.0 Å². The molecule has 2 aliphatic heterocycles. The monoisotopic (exact) mass is 258 g/mol. The van der Waals surface area contributed by atoms with Crippen LogP contribution in [0.4, 0.5) is 0 Å². The van der Waals surface area contributed by atoms with Gasteiger partial charge >= 0.3 is 5.97 Å². The van der Waals surface area contributed by atoms with Gasteiger partial charge in [0, 0.05) is 29.1 Å². The minimum absolute atomic E-state index is 0.224. The lowest BCUT2D eigenvalue weighted by molar-refractivity contribution is -0.143. The first-order chi connectivity index (χ1) is 9.15. The predicted octanol–water partition coefficient (Wildman–Crippen LogP) is 1.80. The van der Waals surface area contributed by atoms with Crippen molar-refractivity contribution in [2.75, 3.05) is 13.1 Å². The van der Waals surface area contributed by atoms with Crippen LogP contribution >= 0.6 is 0 Å². The van der Waals surface area contributed by atoms with Crippen LogP contribution in [0.2, 0.25) is 0 Å². The zero-order valence-electron chi connectivity index (χ0n) is 10.3. The van der Waals surface area contributed by atoms with Gasteiger partial charge in [0.25, 0.3) is 0 Å². The molecule has 1 aromatic heterocycles. The maximum Gasteiger partial charge on any atom is 0.327 e. The Morgan fingerprint density at radius 1 is 1.42 bits per heavy atom. The van der Waals surface area contributed by atoms with E-state index in [1.54, 1.807) is 12.1 Å². The highest BCUT2D eigenvalue weighted by atomic mass is 16.4. The van der Waals surface area contributed by atoms with Crippen molar-refractivity contribution in [3.8, 4) is 5.75 Å². The van der Waals surface area contributed by atoms with Crippen molar-refractivity contribution in [1.82, 2.24) is 9.88 Å². The van der Waals surface area contributed by atoms with E-state index in [-0.39, 0.29) is 5.75 Å². The van der Waals surface area contributed by atoms with Gasteiger partial charge in [-0.05, 0) is 36.7 Å². The molecule has 2 aliphatic rings. The van der Waals surface area contributed by atoms with Crippen molar-refractivity contribution in [2.45, 2.75) is 18.4 Å². The molecule has 0 aliphatic carbocycles. The number of carboxylic acids is 1. The number of aromatic hydroxyl groups is 1. The van der Waals surface area contributed by atoms with Crippen LogP contribution < -0.4 is 0 Å². The molecular weight excluding hydrogens is 244 g/mol. The van der Waals surface area contributed by atoms with Crippen molar-refractivity contribution < 1.29 is 15.0 Å². The van der Waals surface area contributed by atoms with E-state index in [0.29, 0.717) is 5.92 Å². The number of aromatic amines is 1. The van der Waals surface area contributed by atoms with E-state index in [1.165, 1.54) is 0 Å². The SMILES string of the molecule is O=C(O)C1c2[nH]c3ccc(O)cc3c2C2CCN1C2. The van der Waals surface area contributed by atoms with Crippen LogP contribution in [0.3, 0.4) is 0 Å². The molecule has 0 spiro atoms. The van der Waals surface area contributed by atoms with E-state index >= 15 is 0 Å². The highest BCUT2D eigenvalue weighted by Crippen LogP contribution is 2.46. The summed E-state index contributed by atoms with van der Waals surface area (Å²) >= 11 is 0. The first-order valence-electron chi connectivity index (χ1n) is 6.46. The number of phenolic OH excluding ortho intramolecular Hbond substituents is 1. The van der Waals surface area contributed by atoms with Crippen LogP contribution in [0.15, 0.2) is 18.2 Å². The minimum Gasteiger partial charge on any atom is -0.508 e. The third kappa shape index (κ3) is 1.36. The fourth-order valence-electron chi connectivity index (χ4n) is 3.60. The van der Waals surface area contributed by atoms with Gasteiger partial charge < -0.3 is 15.2 Å². The molecule has 3 atom stereocenters. The summed E-state index contributed by atoms with van der Waals surface area (Å²) in [7, 11) is 0. The first kappa shape index (κ1) is 10.9. The lowest BCUT2D eigenvalue weighted by Gasteiger charge is -2.29. The third-order valence-electron chi connectivity index (χ3n) is 4.35. The number of carboxylic acid groups (broad SMARTS) is 1. The zero-order chi connectivity index (χ0) is 13.1. The number of phenols is 1. The number of hydrogen-bond acceptors (Lipinski definition) is 3. The summed E-state index contributed by atoms with van der Waals surface area (Å²) in [5.74, 6) is -0.208. The maximum absolute atomic E-state index is 11.5. The first-order valence-corrected chi connectivity index (χ1v) is 6.46. The maximum atomic E-state index is 11.5. The van der Waals surface area contributed by atoms with E-state index in [2.05, 4.69) is 4.98 Å². The Hall–Kier alpha value is -2.01. The smallest absolute Gasteiger partial charge is 0.327 e. The molecule has 0 amide bonds. The molecule has 3 heterocycles. The molecule has 3 N–H and O–H groups in total. The van der Waals surface area contributed by atoms with Gasteiger partial charge in [-0.1, -0.05) is 0 Å². The van der Waals surface area contributed by atoms with Crippen LogP contribution in [-0.2, 0) is 4.79 Å². The Labute approximate surface area is 109 Å². The Kier molecular flexibility index (Phi) is 2.01. The minimum atomic E-state index is -0.808. The predicted molar refractivity (Wildman–Crippen MR) is 69.3 cm³/mol. The van der Waals surface area contributed by atoms with Gasteiger partial charge in [0.1, 0.15) is 11.8 Å². The molecule has 98 valence electrons. The molecule has 0 saturated carbocycles. The van der Waals surface area contributed by atoms with Gasteiger partial charge in [-0.2, -0.15) is 0 Å². The van der Waals surface area contributed by atoms with Crippen molar-refractivity contribution in [3.63, 3.8) is 0 Å². The summed E-state index contributed by atoms with van der Waals surface area (Å²) in [4.78, 5) is 16.8. The second kappa shape index (κ2) is 3.51. The van der Waals surface area contributed by atoms with E-state index in [0.717, 1.165) is 41.7 Å². The molecule has 0 radical (unpaired) electrons. The van der Waals surface area contributed by atoms with Crippen LogP contribution in [-0.4, -0.2) is 39.2 Å². The van der Waals surface area contributed by atoms with Gasteiger partial charge in [0.15, 0.2) is 0 Å². The summed E-state index contributed by atoms with van der Waals surface area (Å²) in [6.07, 6.45) is 0.986. The number of fused-ring (bicyclic) bond motifs is 6. The van der Waals surface area contributed by atoms with Gasteiger partial charge in [-0.3, -0.25) is 9.69 Å². The third-order valence-corrected chi connectivity index (χ3v) is 4.35. The molecule has 1 saturated heterocycles. The highest BCUT2D eigenvalue weighted by molar-refractivity contribution is 5.90. The van der Waals surface area contributed by atoms with Gasteiger partial charge in [-0.25, -0.2) is 0 Å². The number of hydrogen-bond donors (Lipinski definition) is 3. The second-order valence-electron chi connectivity index (χ2n) is 5.40. The zero-order valence-corrected chi connectivity index (χ0v) is 10.3. The number of H-pyrrole nitrogens is 1. The number of aromatic nitrogens is 1. The second-order valence-corrected chi connectivity index (χ2v) is 5.40. The van der Waals surface area contributed by atoms with Crippen molar-refractivity contribution >= 4 is 16.9 Å². The van der Waals surface area contributed by atoms with Crippen LogP contribution in [0.5, 0.6) is 5.75 Å². The molecule has 5 nitrogen and oxygen atoms in total. The lowest BCUT2D eigenvalue weighted by atomic mass is 9.90. The largest absolute Gasteiger partial charge is 0.508 e. The van der Waals surface area contributed by atoms with Crippen molar-refractivity contribution in [2.24, 2.45) is 0 Å². The molecule has 2 bridgehead atoms. The number of benzene rings is 1. The number of nitrogens with zero attached hydrogens (tertiary/aromatic N) is 1. The van der Waals surface area contributed by atoms with Crippen LogP contribution in [0.1, 0.15) is 29.6 Å². The molecule has 4 rings (SSSR count). The summed E-state index contributed by atoms with van der Waals surface area (Å²) in [6.45, 7) is 1.62. The number of carbonyl (C=O) groups is 1. The average Bonchev–Trinajstić information content (AvgIpc) is 2.92. The standard InChI is InChI=1S/C14H14N2O3/c17-8-1-2-10-9(5-8)11-7-3-4-16(6-7)13(14(18)19)12(11)15-10/h1-2,5,7,13,15,17H,3-4,6H2,(H,18,19). The normalized spacial score (nSPS) is 28.5.